The summed E-state index contributed by atoms with van der Waals surface area (Å²) >= 11 is 0. The van der Waals surface area contributed by atoms with Crippen LogP contribution in [0.15, 0.2) is 78.9 Å². The first kappa shape index (κ1) is 23.6. The lowest BCUT2D eigenvalue weighted by Crippen LogP contribution is -2.48. The van der Waals surface area contributed by atoms with Crippen molar-refractivity contribution >= 4 is 12.0 Å². The van der Waals surface area contributed by atoms with Gasteiger partial charge in [0.1, 0.15) is 12.6 Å². The molecule has 176 valence electrons. The molecule has 0 aliphatic heterocycles. The highest BCUT2D eigenvalue weighted by Crippen LogP contribution is 2.44. The highest BCUT2D eigenvalue weighted by Gasteiger charge is 2.30. The normalized spacial score (nSPS) is 14.1. The summed E-state index contributed by atoms with van der Waals surface area (Å²) in [5.41, 5.74) is 5.69. The van der Waals surface area contributed by atoms with Crippen LogP contribution in [-0.4, -0.2) is 24.6 Å². The van der Waals surface area contributed by atoms with E-state index in [0.717, 1.165) is 16.7 Å². The second-order valence-electron chi connectivity index (χ2n) is 9.29. The van der Waals surface area contributed by atoms with Crippen LogP contribution in [-0.2, 0) is 9.53 Å². The third kappa shape index (κ3) is 5.30. The molecule has 1 aliphatic carbocycles. The summed E-state index contributed by atoms with van der Waals surface area (Å²) in [5, 5.41) is 5.82. The fourth-order valence-corrected chi connectivity index (χ4v) is 4.62. The molecule has 0 bridgehead atoms. The molecule has 0 saturated heterocycles. The molecule has 0 spiro atoms. The summed E-state index contributed by atoms with van der Waals surface area (Å²) in [4.78, 5) is 25.8. The average molecular weight is 457 g/mol. The third-order valence-electron chi connectivity index (χ3n) is 6.32. The van der Waals surface area contributed by atoms with E-state index in [9.17, 15) is 9.59 Å². The van der Waals surface area contributed by atoms with Crippen LogP contribution in [0, 0.1) is 5.92 Å². The minimum atomic E-state index is -0.665. The van der Waals surface area contributed by atoms with E-state index in [-0.39, 0.29) is 30.4 Å². The van der Waals surface area contributed by atoms with Crippen LogP contribution < -0.4 is 10.6 Å². The van der Waals surface area contributed by atoms with Crippen molar-refractivity contribution in [2.75, 3.05) is 6.61 Å². The van der Waals surface area contributed by atoms with Gasteiger partial charge in [-0.1, -0.05) is 92.7 Å². The maximum absolute atomic E-state index is 13.0. The summed E-state index contributed by atoms with van der Waals surface area (Å²) in [7, 11) is 0. The van der Waals surface area contributed by atoms with E-state index in [4.69, 9.17) is 4.74 Å². The standard InChI is InChI=1S/C29H32N2O3/c1-19(2)17-27(28(32)30-20(3)21-11-5-4-6-12-21)31-29(33)34-18-26-24-15-9-7-13-22(24)23-14-8-10-16-25(23)26/h4-16,19-20,26-27H,17-18H2,1-3H3,(H,30,32)(H,31,33)/t20-,27-/m0/s1. The van der Waals surface area contributed by atoms with E-state index in [1.165, 1.54) is 11.1 Å². The number of alkyl carbamates (subject to hydrolysis) is 1. The van der Waals surface area contributed by atoms with Crippen molar-refractivity contribution < 1.29 is 14.3 Å². The molecule has 0 radical (unpaired) electrons. The van der Waals surface area contributed by atoms with Gasteiger partial charge in [0.15, 0.2) is 0 Å². The fraction of sp³-hybridized carbons (Fsp3) is 0.310. The van der Waals surface area contributed by atoms with E-state index in [1.807, 2.05) is 75.4 Å². The number of fused-ring (bicyclic) bond motifs is 3. The molecule has 5 nitrogen and oxygen atoms in total. The SMILES string of the molecule is CC(C)C[C@H](NC(=O)OCC1c2ccccc2-c2ccccc21)C(=O)N[C@@H](C)c1ccccc1. The number of hydrogen-bond acceptors (Lipinski definition) is 3. The van der Waals surface area contributed by atoms with Crippen LogP contribution in [0.1, 0.15) is 55.8 Å². The predicted octanol–water partition coefficient (Wildman–Crippen LogP) is 5.82. The van der Waals surface area contributed by atoms with Crippen molar-refractivity contribution in [3.8, 4) is 11.1 Å². The first-order chi connectivity index (χ1) is 16.4. The molecule has 34 heavy (non-hydrogen) atoms. The van der Waals surface area contributed by atoms with Gasteiger partial charge in [0.25, 0.3) is 0 Å². The zero-order chi connectivity index (χ0) is 24.1. The van der Waals surface area contributed by atoms with Crippen LogP contribution in [0.25, 0.3) is 11.1 Å². The maximum atomic E-state index is 13.0. The summed E-state index contributed by atoms with van der Waals surface area (Å²) in [5.74, 6) is 0.00357. The molecule has 2 atom stereocenters. The highest BCUT2D eigenvalue weighted by atomic mass is 16.5. The number of carbonyl (C=O) groups is 2. The van der Waals surface area contributed by atoms with Crippen molar-refractivity contribution in [2.24, 2.45) is 5.92 Å². The number of nitrogens with one attached hydrogen (secondary N) is 2. The molecule has 1 aliphatic rings. The van der Waals surface area contributed by atoms with Crippen LogP contribution >= 0.6 is 0 Å². The van der Waals surface area contributed by atoms with Gasteiger partial charge < -0.3 is 15.4 Å². The van der Waals surface area contributed by atoms with Gasteiger partial charge >= 0.3 is 6.09 Å². The molecule has 5 heteroatoms. The zero-order valence-corrected chi connectivity index (χ0v) is 20.0. The molecule has 0 heterocycles. The zero-order valence-electron chi connectivity index (χ0n) is 20.0. The number of ether oxygens (including phenoxy) is 1. The largest absolute Gasteiger partial charge is 0.449 e. The first-order valence-electron chi connectivity index (χ1n) is 11.9. The van der Waals surface area contributed by atoms with Crippen LogP contribution in [0.3, 0.4) is 0 Å². The van der Waals surface area contributed by atoms with Crippen LogP contribution in [0.4, 0.5) is 4.79 Å². The molecule has 2 N–H and O–H groups in total. The minimum Gasteiger partial charge on any atom is -0.449 e. The van der Waals surface area contributed by atoms with Gasteiger partial charge in [0.2, 0.25) is 5.91 Å². The lowest BCUT2D eigenvalue weighted by atomic mass is 9.98. The summed E-state index contributed by atoms with van der Waals surface area (Å²) in [6.45, 7) is 6.21. The molecule has 3 aromatic rings. The van der Waals surface area contributed by atoms with Crippen molar-refractivity contribution in [2.45, 2.75) is 45.2 Å². The van der Waals surface area contributed by atoms with Gasteiger partial charge in [0.05, 0.1) is 6.04 Å². The van der Waals surface area contributed by atoms with Crippen molar-refractivity contribution in [3.63, 3.8) is 0 Å². The molecule has 0 unspecified atom stereocenters. The van der Waals surface area contributed by atoms with Gasteiger partial charge in [0, 0.05) is 5.92 Å². The van der Waals surface area contributed by atoms with Gasteiger partial charge in [-0.05, 0) is 47.1 Å². The Balaban J connectivity index is 1.40. The summed E-state index contributed by atoms with van der Waals surface area (Å²) in [6.07, 6.45) is -0.0487. The molecular formula is C29H32N2O3. The first-order valence-corrected chi connectivity index (χ1v) is 11.9. The van der Waals surface area contributed by atoms with Gasteiger partial charge in [-0.3, -0.25) is 4.79 Å². The fourth-order valence-electron chi connectivity index (χ4n) is 4.62. The van der Waals surface area contributed by atoms with Crippen molar-refractivity contribution in [1.82, 2.24) is 10.6 Å². The molecule has 2 amide bonds. The summed E-state index contributed by atoms with van der Waals surface area (Å²) < 4.78 is 5.66. The van der Waals surface area contributed by atoms with Gasteiger partial charge in [-0.15, -0.1) is 0 Å². The Hall–Kier alpha value is -3.60. The Bertz CT molecular complexity index is 1100. The highest BCUT2D eigenvalue weighted by molar-refractivity contribution is 5.86. The molecular weight excluding hydrogens is 424 g/mol. The van der Waals surface area contributed by atoms with E-state index in [2.05, 4.69) is 34.9 Å². The average Bonchev–Trinajstić information content (AvgIpc) is 3.16. The molecule has 3 aromatic carbocycles. The molecule has 0 saturated carbocycles. The van der Waals surface area contributed by atoms with E-state index in [1.54, 1.807) is 0 Å². The number of benzene rings is 3. The summed E-state index contributed by atoms with van der Waals surface area (Å²) in [6, 6.07) is 25.4. The molecule has 0 aromatic heterocycles. The number of carbonyl (C=O) groups excluding carboxylic acids is 2. The van der Waals surface area contributed by atoms with E-state index < -0.39 is 12.1 Å². The number of hydrogen-bond donors (Lipinski definition) is 2. The Morgan fingerprint density at radius 1 is 0.794 bits per heavy atom. The third-order valence-corrected chi connectivity index (χ3v) is 6.32. The lowest BCUT2D eigenvalue weighted by Gasteiger charge is -2.23. The van der Waals surface area contributed by atoms with Crippen LogP contribution in [0.2, 0.25) is 0 Å². The number of amides is 2. The quantitative estimate of drug-likeness (QED) is 0.449. The lowest BCUT2D eigenvalue weighted by molar-refractivity contribution is -0.124. The van der Waals surface area contributed by atoms with E-state index in [0.29, 0.717) is 6.42 Å². The van der Waals surface area contributed by atoms with Crippen molar-refractivity contribution in [1.29, 1.82) is 0 Å². The number of rotatable bonds is 8. The molecule has 4 rings (SSSR count). The van der Waals surface area contributed by atoms with Gasteiger partial charge in [-0.2, -0.15) is 0 Å². The maximum Gasteiger partial charge on any atom is 0.407 e. The van der Waals surface area contributed by atoms with Crippen molar-refractivity contribution in [3.05, 3.63) is 95.6 Å². The second kappa shape index (κ2) is 10.6. The van der Waals surface area contributed by atoms with Crippen LogP contribution in [0.5, 0.6) is 0 Å². The Kier molecular flexibility index (Phi) is 7.31. The predicted molar refractivity (Wildman–Crippen MR) is 134 cm³/mol. The van der Waals surface area contributed by atoms with E-state index >= 15 is 0 Å². The smallest absolute Gasteiger partial charge is 0.407 e. The Morgan fingerprint density at radius 3 is 1.94 bits per heavy atom. The molecule has 0 fully saturated rings. The monoisotopic (exact) mass is 456 g/mol. The Morgan fingerprint density at radius 2 is 1.35 bits per heavy atom. The Labute approximate surface area is 201 Å². The topological polar surface area (TPSA) is 67.4 Å². The minimum absolute atomic E-state index is 0.0198. The second-order valence-corrected chi connectivity index (χ2v) is 9.29. The van der Waals surface area contributed by atoms with Gasteiger partial charge in [-0.25, -0.2) is 4.79 Å².